The zero-order chi connectivity index (χ0) is 9.72. The van der Waals surface area contributed by atoms with E-state index in [4.69, 9.17) is 5.11 Å². The first-order chi connectivity index (χ1) is 5.45. The molecule has 0 rings (SSSR count). The van der Waals surface area contributed by atoms with Gasteiger partial charge in [0.05, 0.1) is 12.7 Å². The number of ether oxygens (including phenoxy) is 1. The molecule has 0 aliphatic heterocycles. The van der Waals surface area contributed by atoms with E-state index < -0.39 is 31.7 Å². The standard InChI is InChI=1S/C6H10F4O2/c1-3(11)2-12-6(10)4(7)5(8)9/h3-6,11H,2H2,1H3. The first kappa shape index (κ1) is 11.6. The Labute approximate surface area is 67.1 Å². The van der Waals surface area contributed by atoms with E-state index in [-0.39, 0.29) is 0 Å². The molecule has 0 spiro atoms. The van der Waals surface area contributed by atoms with Gasteiger partial charge in [0.2, 0.25) is 12.5 Å². The normalized spacial score (nSPS) is 19.2. The van der Waals surface area contributed by atoms with E-state index in [0.717, 1.165) is 0 Å². The molecule has 0 saturated carbocycles. The number of alkyl halides is 4. The summed E-state index contributed by atoms with van der Waals surface area (Å²) in [5.41, 5.74) is 0. The predicted molar refractivity (Wildman–Crippen MR) is 33.4 cm³/mol. The van der Waals surface area contributed by atoms with E-state index >= 15 is 0 Å². The van der Waals surface area contributed by atoms with Crippen LogP contribution in [0.2, 0.25) is 0 Å². The SMILES string of the molecule is CC(O)COC(F)C(F)C(F)F. The van der Waals surface area contributed by atoms with Crippen LogP contribution >= 0.6 is 0 Å². The topological polar surface area (TPSA) is 29.5 Å². The van der Waals surface area contributed by atoms with Crippen LogP contribution in [0.3, 0.4) is 0 Å². The molecule has 2 nitrogen and oxygen atoms in total. The van der Waals surface area contributed by atoms with Crippen LogP contribution in [-0.2, 0) is 4.74 Å². The van der Waals surface area contributed by atoms with Crippen molar-refractivity contribution in [1.29, 1.82) is 0 Å². The number of rotatable bonds is 5. The molecule has 74 valence electrons. The van der Waals surface area contributed by atoms with Gasteiger partial charge in [0.15, 0.2) is 0 Å². The molecule has 0 aliphatic carbocycles. The van der Waals surface area contributed by atoms with Gasteiger partial charge in [-0.15, -0.1) is 0 Å². The van der Waals surface area contributed by atoms with E-state index in [1.54, 1.807) is 0 Å². The van der Waals surface area contributed by atoms with Gasteiger partial charge in [-0.25, -0.2) is 17.6 Å². The highest BCUT2D eigenvalue weighted by atomic mass is 19.3. The van der Waals surface area contributed by atoms with E-state index in [1.807, 2.05) is 0 Å². The minimum Gasteiger partial charge on any atom is -0.391 e. The highest BCUT2D eigenvalue weighted by Gasteiger charge is 2.30. The molecular weight excluding hydrogens is 180 g/mol. The lowest BCUT2D eigenvalue weighted by Gasteiger charge is -2.14. The molecule has 3 unspecified atom stereocenters. The Kier molecular flexibility index (Phi) is 5.16. The number of halogens is 4. The minimum atomic E-state index is -3.41. The average Bonchev–Trinajstić information content (AvgIpc) is 1.98. The monoisotopic (exact) mass is 190 g/mol. The average molecular weight is 190 g/mol. The largest absolute Gasteiger partial charge is 0.391 e. The molecule has 0 aromatic rings. The summed E-state index contributed by atoms with van der Waals surface area (Å²) in [6, 6.07) is 0. The minimum absolute atomic E-state index is 0.506. The summed E-state index contributed by atoms with van der Waals surface area (Å²) in [6.07, 6.45) is -10.1. The van der Waals surface area contributed by atoms with Gasteiger partial charge in [-0.3, -0.25) is 0 Å². The molecule has 12 heavy (non-hydrogen) atoms. The molecule has 6 heteroatoms. The Balaban J connectivity index is 3.64. The summed E-state index contributed by atoms with van der Waals surface area (Å²) < 4.78 is 51.1. The zero-order valence-corrected chi connectivity index (χ0v) is 6.38. The van der Waals surface area contributed by atoms with Crippen molar-refractivity contribution in [2.24, 2.45) is 0 Å². The van der Waals surface area contributed by atoms with Crippen LogP contribution in [0.1, 0.15) is 6.92 Å². The highest BCUT2D eigenvalue weighted by molar-refractivity contribution is 4.62. The van der Waals surface area contributed by atoms with Crippen molar-refractivity contribution in [3.63, 3.8) is 0 Å². The summed E-state index contributed by atoms with van der Waals surface area (Å²) >= 11 is 0. The number of aliphatic hydroxyl groups excluding tert-OH is 1. The maximum Gasteiger partial charge on any atom is 0.274 e. The fourth-order valence-electron chi connectivity index (χ4n) is 0.437. The van der Waals surface area contributed by atoms with Crippen LogP contribution in [0, 0.1) is 0 Å². The van der Waals surface area contributed by atoms with Crippen molar-refractivity contribution in [3.8, 4) is 0 Å². The van der Waals surface area contributed by atoms with Gasteiger partial charge in [0.25, 0.3) is 6.43 Å². The molecule has 0 amide bonds. The van der Waals surface area contributed by atoms with Gasteiger partial charge < -0.3 is 9.84 Å². The number of aliphatic hydroxyl groups is 1. The molecule has 0 saturated heterocycles. The molecule has 0 aliphatic rings. The molecule has 0 bridgehead atoms. The third-order valence-corrected chi connectivity index (χ3v) is 0.988. The smallest absolute Gasteiger partial charge is 0.274 e. The van der Waals surface area contributed by atoms with Crippen LogP contribution in [0.5, 0.6) is 0 Å². The molecule has 1 N–H and O–H groups in total. The Bertz CT molecular complexity index is 120. The van der Waals surface area contributed by atoms with E-state index in [2.05, 4.69) is 4.74 Å². The quantitative estimate of drug-likeness (QED) is 0.662. The van der Waals surface area contributed by atoms with Gasteiger partial charge in [-0.1, -0.05) is 0 Å². The van der Waals surface area contributed by atoms with Crippen LogP contribution in [0.25, 0.3) is 0 Å². The third-order valence-electron chi connectivity index (χ3n) is 0.988. The summed E-state index contributed by atoms with van der Waals surface area (Å²) in [5.74, 6) is 0. The summed E-state index contributed by atoms with van der Waals surface area (Å²) in [6.45, 7) is 0.761. The Morgan fingerprint density at radius 3 is 2.08 bits per heavy atom. The van der Waals surface area contributed by atoms with E-state index in [9.17, 15) is 17.6 Å². The van der Waals surface area contributed by atoms with Crippen LogP contribution in [0.15, 0.2) is 0 Å². The summed E-state index contributed by atoms with van der Waals surface area (Å²) in [7, 11) is 0. The fraction of sp³-hybridized carbons (Fsp3) is 1.00. The molecule has 0 aromatic heterocycles. The van der Waals surface area contributed by atoms with E-state index in [0.29, 0.717) is 0 Å². The second-order valence-electron chi connectivity index (χ2n) is 2.31. The lowest BCUT2D eigenvalue weighted by molar-refractivity contribution is -0.140. The van der Waals surface area contributed by atoms with Crippen molar-refractivity contribution >= 4 is 0 Å². The van der Waals surface area contributed by atoms with Crippen LogP contribution in [-0.4, -0.2) is 36.8 Å². The molecule has 0 aromatic carbocycles. The second-order valence-corrected chi connectivity index (χ2v) is 2.31. The van der Waals surface area contributed by atoms with Crippen molar-refractivity contribution < 1.29 is 27.4 Å². The van der Waals surface area contributed by atoms with Gasteiger partial charge in [0, 0.05) is 0 Å². The van der Waals surface area contributed by atoms with Crippen molar-refractivity contribution in [2.75, 3.05) is 6.61 Å². The van der Waals surface area contributed by atoms with Gasteiger partial charge in [-0.05, 0) is 6.92 Å². The van der Waals surface area contributed by atoms with Crippen LogP contribution in [0.4, 0.5) is 17.6 Å². The Morgan fingerprint density at radius 1 is 1.25 bits per heavy atom. The van der Waals surface area contributed by atoms with Gasteiger partial charge >= 0.3 is 0 Å². The summed E-state index contributed by atoms with van der Waals surface area (Å²) in [4.78, 5) is 0. The molecule has 3 atom stereocenters. The van der Waals surface area contributed by atoms with Crippen molar-refractivity contribution in [3.05, 3.63) is 0 Å². The molecule has 0 heterocycles. The lowest BCUT2D eigenvalue weighted by atomic mass is 10.4. The Hall–Kier alpha value is -0.360. The lowest BCUT2D eigenvalue weighted by Crippen LogP contribution is -2.29. The van der Waals surface area contributed by atoms with Gasteiger partial charge in [0.1, 0.15) is 0 Å². The summed E-state index contributed by atoms with van der Waals surface area (Å²) in [5, 5.41) is 8.52. The second kappa shape index (κ2) is 5.31. The maximum absolute atomic E-state index is 12.2. The zero-order valence-electron chi connectivity index (χ0n) is 6.38. The predicted octanol–water partition coefficient (Wildman–Crippen LogP) is 1.28. The van der Waals surface area contributed by atoms with Crippen molar-refractivity contribution in [1.82, 2.24) is 0 Å². The third kappa shape index (κ3) is 4.50. The van der Waals surface area contributed by atoms with Gasteiger partial charge in [-0.2, -0.15) is 0 Å². The van der Waals surface area contributed by atoms with E-state index in [1.165, 1.54) is 6.92 Å². The number of hydrogen-bond donors (Lipinski definition) is 1. The van der Waals surface area contributed by atoms with Crippen LogP contribution < -0.4 is 0 Å². The molecular formula is C6H10F4O2. The highest BCUT2D eigenvalue weighted by Crippen LogP contribution is 2.14. The molecule has 0 radical (unpaired) electrons. The number of hydrogen-bond acceptors (Lipinski definition) is 2. The Morgan fingerprint density at radius 2 is 1.75 bits per heavy atom. The first-order valence-electron chi connectivity index (χ1n) is 3.31. The van der Waals surface area contributed by atoms with Crippen molar-refractivity contribution in [2.45, 2.75) is 32.0 Å². The molecule has 0 fully saturated rings. The fourth-order valence-corrected chi connectivity index (χ4v) is 0.437. The maximum atomic E-state index is 12.2. The first-order valence-corrected chi connectivity index (χ1v) is 3.31.